The SMILES string of the molecule is CCCCCCCN1CCN(C(=O)OC(C)(C)C)CC1CN. The molecule has 1 heterocycles. The first-order valence-corrected chi connectivity index (χ1v) is 8.79. The van der Waals surface area contributed by atoms with Gasteiger partial charge in [0.1, 0.15) is 5.60 Å². The Morgan fingerprint density at radius 1 is 1.18 bits per heavy atom. The summed E-state index contributed by atoms with van der Waals surface area (Å²) in [7, 11) is 0. The standard InChI is InChI=1S/C17H35N3O2/c1-5-6-7-8-9-10-19-11-12-20(14-15(19)13-18)16(21)22-17(2,3)4/h15H,5-14,18H2,1-4H3. The van der Waals surface area contributed by atoms with Gasteiger partial charge in [0.05, 0.1) is 0 Å². The minimum absolute atomic E-state index is 0.214. The highest BCUT2D eigenvalue weighted by molar-refractivity contribution is 5.68. The zero-order valence-electron chi connectivity index (χ0n) is 14.9. The van der Waals surface area contributed by atoms with Gasteiger partial charge in [0.15, 0.2) is 0 Å². The second-order valence-corrected chi connectivity index (χ2v) is 7.27. The maximum atomic E-state index is 12.2. The Hall–Kier alpha value is -0.810. The third-order valence-electron chi connectivity index (χ3n) is 4.08. The smallest absolute Gasteiger partial charge is 0.410 e. The molecule has 1 aliphatic heterocycles. The lowest BCUT2D eigenvalue weighted by Gasteiger charge is -2.41. The maximum absolute atomic E-state index is 12.2. The van der Waals surface area contributed by atoms with Crippen LogP contribution in [0.4, 0.5) is 4.79 Å². The van der Waals surface area contributed by atoms with Crippen LogP contribution in [0.25, 0.3) is 0 Å². The van der Waals surface area contributed by atoms with Gasteiger partial charge >= 0.3 is 6.09 Å². The molecule has 0 bridgehead atoms. The third-order valence-corrected chi connectivity index (χ3v) is 4.08. The molecule has 0 saturated carbocycles. The quantitative estimate of drug-likeness (QED) is 0.734. The van der Waals surface area contributed by atoms with Gasteiger partial charge in [-0.1, -0.05) is 32.6 Å². The van der Waals surface area contributed by atoms with Crippen molar-refractivity contribution in [2.75, 3.05) is 32.7 Å². The van der Waals surface area contributed by atoms with Crippen LogP contribution in [0.5, 0.6) is 0 Å². The highest BCUT2D eigenvalue weighted by Crippen LogP contribution is 2.15. The molecule has 0 radical (unpaired) electrons. The molecule has 1 atom stereocenters. The molecule has 0 aromatic heterocycles. The second-order valence-electron chi connectivity index (χ2n) is 7.27. The lowest BCUT2D eigenvalue weighted by molar-refractivity contribution is 0.00459. The zero-order valence-corrected chi connectivity index (χ0v) is 14.9. The van der Waals surface area contributed by atoms with Crippen molar-refractivity contribution in [1.82, 2.24) is 9.80 Å². The summed E-state index contributed by atoms with van der Waals surface area (Å²) in [5, 5.41) is 0. The lowest BCUT2D eigenvalue weighted by Crippen LogP contribution is -2.57. The number of carbonyl (C=O) groups is 1. The molecule has 0 spiro atoms. The molecule has 0 aromatic carbocycles. The van der Waals surface area contributed by atoms with Crippen LogP contribution in [0.1, 0.15) is 59.8 Å². The molecule has 2 N–H and O–H groups in total. The number of amides is 1. The van der Waals surface area contributed by atoms with Crippen molar-refractivity contribution in [2.24, 2.45) is 5.73 Å². The fourth-order valence-corrected chi connectivity index (χ4v) is 2.82. The van der Waals surface area contributed by atoms with Gasteiger partial charge in [0.2, 0.25) is 0 Å². The molecule has 1 aliphatic rings. The first kappa shape index (κ1) is 19.2. The molecule has 0 aliphatic carbocycles. The van der Waals surface area contributed by atoms with Crippen LogP contribution in [-0.4, -0.2) is 60.3 Å². The fraction of sp³-hybridized carbons (Fsp3) is 0.941. The highest BCUT2D eigenvalue weighted by atomic mass is 16.6. The Labute approximate surface area is 136 Å². The molecule has 1 fully saturated rings. The zero-order chi connectivity index (χ0) is 16.6. The van der Waals surface area contributed by atoms with Crippen molar-refractivity contribution < 1.29 is 9.53 Å². The molecule has 130 valence electrons. The van der Waals surface area contributed by atoms with Gasteiger partial charge in [-0.3, -0.25) is 4.90 Å². The van der Waals surface area contributed by atoms with E-state index in [1.807, 2.05) is 20.8 Å². The molecule has 1 amide bonds. The molecular weight excluding hydrogens is 278 g/mol. The minimum Gasteiger partial charge on any atom is -0.444 e. The number of rotatable bonds is 7. The van der Waals surface area contributed by atoms with Gasteiger partial charge in [-0.15, -0.1) is 0 Å². The van der Waals surface area contributed by atoms with Crippen LogP contribution in [0, 0.1) is 0 Å². The van der Waals surface area contributed by atoms with E-state index < -0.39 is 5.60 Å². The maximum Gasteiger partial charge on any atom is 0.410 e. The van der Waals surface area contributed by atoms with Crippen molar-refractivity contribution in [3.8, 4) is 0 Å². The largest absolute Gasteiger partial charge is 0.444 e. The first-order chi connectivity index (χ1) is 10.4. The van der Waals surface area contributed by atoms with Gasteiger partial charge < -0.3 is 15.4 Å². The first-order valence-electron chi connectivity index (χ1n) is 8.79. The van der Waals surface area contributed by atoms with E-state index in [0.717, 1.165) is 19.6 Å². The topological polar surface area (TPSA) is 58.8 Å². The summed E-state index contributed by atoms with van der Waals surface area (Å²) in [4.78, 5) is 16.4. The summed E-state index contributed by atoms with van der Waals surface area (Å²) in [6.45, 7) is 11.9. The predicted molar refractivity (Wildman–Crippen MR) is 91.0 cm³/mol. The number of nitrogens with zero attached hydrogens (tertiary/aromatic N) is 2. The Kier molecular flexibility index (Phi) is 8.18. The molecule has 1 unspecified atom stereocenters. The van der Waals surface area contributed by atoms with Crippen molar-refractivity contribution in [3.63, 3.8) is 0 Å². The van der Waals surface area contributed by atoms with E-state index in [1.165, 1.54) is 32.1 Å². The highest BCUT2D eigenvalue weighted by Gasteiger charge is 2.30. The van der Waals surface area contributed by atoms with Gasteiger partial charge in [-0.25, -0.2) is 4.79 Å². The van der Waals surface area contributed by atoms with Crippen LogP contribution >= 0.6 is 0 Å². The number of unbranched alkanes of at least 4 members (excludes halogenated alkanes) is 4. The van der Waals surface area contributed by atoms with Crippen LogP contribution in [-0.2, 0) is 4.74 Å². The van der Waals surface area contributed by atoms with Crippen LogP contribution in [0.15, 0.2) is 0 Å². The fourth-order valence-electron chi connectivity index (χ4n) is 2.82. The molecular formula is C17H35N3O2. The van der Waals surface area contributed by atoms with E-state index in [1.54, 1.807) is 4.90 Å². The van der Waals surface area contributed by atoms with E-state index in [2.05, 4.69) is 11.8 Å². The summed E-state index contributed by atoms with van der Waals surface area (Å²) in [6, 6.07) is 0.257. The Morgan fingerprint density at radius 3 is 2.45 bits per heavy atom. The van der Waals surface area contributed by atoms with Gasteiger partial charge in [0, 0.05) is 32.2 Å². The lowest BCUT2D eigenvalue weighted by atomic mass is 10.1. The minimum atomic E-state index is -0.439. The van der Waals surface area contributed by atoms with Gasteiger partial charge in [-0.05, 0) is 33.7 Å². The van der Waals surface area contributed by atoms with Crippen molar-refractivity contribution in [1.29, 1.82) is 0 Å². The summed E-state index contributed by atoms with van der Waals surface area (Å²) < 4.78 is 5.46. The second kappa shape index (κ2) is 9.36. The number of piperazine rings is 1. The average Bonchev–Trinajstić information content (AvgIpc) is 2.45. The summed E-state index contributed by atoms with van der Waals surface area (Å²) >= 11 is 0. The Bertz CT molecular complexity index is 328. The molecule has 0 aromatic rings. The molecule has 22 heavy (non-hydrogen) atoms. The number of nitrogens with two attached hydrogens (primary N) is 1. The summed E-state index contributed by atoms with van der Waals surface area (Å²) in [5.41, 5.74) is 5.48. The monoisotopic (exact) mass is 313 g/mol. The van der Waals surface area contributed by atoms with E-state index >= 15 is 0 Å². The number of carbonyl (C=O) groups excluding carboxylic acids is 1. The number of ether oxygens (including phenoxy) is 1. The van der Waals surface area contributed by atoms with Gasteiger partial charge in [0.25, 0.3) is 0 Å². The molecule has 1 saturated heterocycles. The van der Waals surface area contributed by atoms with Crippen LogP contribution < -0.4 is 5.73 Å². The van der Waals surface area contributed by atoms with E-state index in [9.17, 15) is 4.79 Å². The summed E-state index contributed by atoms with van der Waals surface area (Å²) in [5.74, 6) is 0. The third kappa shape index (κ3) is 6.97. The van der Waals surface area contributed by atoms with Crippen molar-refractivity contribution in [3.05, 3.63) is 0 Å². The summed E-state index contributed by atoms with van der Waals surface area (Å²) in [6.07, 6.45) is 6.22. The molecule has 5 nitrogen and oxygen atoms in total. The van der Waals surface area contributed by atoms with Crippen molar-refractivity contribution >= 4 is 6.09 Å². The van der Waals surface area contributed by atoms with E-state index in [0.29, 0.717) is 13.1 Å². The number of hydrogen-bond acceptors (Lipinski definition) is 4. The van der Waals surface area contributed by atoms with E-state index in [4.69, 9.17) is 10.5 Å². The Morgan fingerprint density at radius 2 is 1.86 bits per heavy atom. The van der Waals surface area contributed by atoms with Gasteiger partial charge in [-0.2, -0.15) is 0 Å². The van der Waals surface area contributed by atoms with Crippen LogP contribution in [0.2, 0.25) is 0 Å². The average molecular weight is 313 g/mol. The molecule has 5 heteroatoms. The van der Waals surface area contributed by atoms with E-state index in [-0.39, 0.29) is 12.1 Å². The Balaban J connectivity index is 2.38. The number of hydrogen-bond donors (Lipinski definition) is 1. The van der Waals surface area contributed by atoms with Crippen molar-refractivity contribution in [2.45, 2.75) is 71.4 Å². The van der Waals surface area contributed by atoms with Crippen LogP contribution in [0.3, 0.4) is 0 Å². The predicted octanol–water partition coefficient (Wildman–Crippen LogP) is 2.84. The normalized spacial score (nSPS) is 20.2. The molecule has 1 rings (SSSR count).